The summed E-state index contributed by atoms with van der Waals surface area (Å²) in [5.41, 5.74) is 0.750. The highest BCUT2D eigenvalue weighted by molar-refractivity contribution is 5.39. The lowest BCUT2D eigenvalue weighted by Gasteiger charge is -2.07. The molecule has 0 bridgehead atoms. The molecule has 1 aromatic carbocycles. The van der Waals surface area contributed by atoms with Crippen LogP contribution in [0.25, 0.3) is 0 Å². The van der Waals surface area contributed by atoms with Gasteiger partial charge in [0, 0.05) is 0 Å². The second kappa shape index (κ2) is 3.85. The van der Waals surface area contributed by atoms with Crippen LogP contribution < -0.4 is 0 Å². The number of hydrogen-bond acceptors (Lipinski definition) is 2. The molecule has 0 saturated carbocycles. The molecule has 12 heavy (non-hydrogen) atoms. The van der Waals surface area contributed by atoms with Crippen molar-refractivity contribution in [2.24, 2.45) is 0 Å². The summed E-state index contributed by atoms with van der Waals surface area (Å²) in [6, 6.07) is 5.77. The first-order chi connectivity index (χ1) is 5.74. The predicted octanol–water partition coefficient (Wildman–Crippen LogP) is 1.97. The summed E-state index contributed by atoms with van der Waals surface area (Å²) in [7, 11) is 0. The fourth-order valence-electron chi connectivity index (χ4n) is 0.874. The topological polar surface area (TPSA) is 26.3 Å². The van der Waals surface area contributed by atoms with Crippen LogP contribution in [0, 0.1) is 5.82 Å². The van der Waals surface area contributed by atoms with E-state index in [2.05, 4.69) is 4.74 Å². The van der Waals surface area contributed by atoms with E-state index in [0.29, 0.717) is 0 Å². The quantitative estimate of drug-likeness (QED) is 0.687. The smallest absolute Gasteiger partial charge is 0.418 e. The highest BCUT2D eigenvalue weighted by atomic mass is 19.1. The first-order valence-electron chi connectivity index (χ1n) is 3.52. The van der Waals surface area contributed by atoms with Gasteiger partial charge in [0.1, 0.15) is 11.9 Å². The SMILES string of the molecule is CC(O[C]=O)c1ccc(F)cc1. The van der Waals surface area contributed by atoms with Crippen molar-refractivity contribution in [1.82, 2.24) is 0 Å². The fraction of sp³-hybridized carbons (Fsp3) is 0.222. The third-order valence-corrected chi connectivity index (χ3v) is 1.56. The number of halogens is 1. The zero-order valence-electron chi connectivity index (χ0n) is 6.58. The van der Waals surface area contributed by atoms with Crippen molar-refractivity contribution in [2.75, 3.05) is 0 Å². The number of ether oxygens (including phenoxy) is 1. The van der Waals surface area contributed by atoms with Crippen molar-refractivity contribution in [3.63, 3.8) is 0 Å². The van der Waals surface area contributed by atoms with Gasteiger partial charge >= 0.3 is 6.47 Å². The van der Waals surface area contributed by atoms with Gasteiger partial charge in [-0.2, -0.15) is 0 Å². The van der Waals surface area contributed by atoms with Crippen LogP contribution in [-0.2, 0) is 9.53 Å². The molecule has 0 fully saturated rings. The molecule has 0 aromatic heterocycles. The van der Waals surface area contributed by atoms with Crippen molar-refractivity contribution in [1.29, 1.82) is 0 Å². The highest BCUT2D eigenvalue weighted by Gasteiger charge is 2.04. The average Bonchev–Trinajstić information content (AvgIpc) is 2.06. The van der Waals surface area contributed by atoms with Crippen molar-refractivity contribution >= 4 is 6.47 Å². The summed E-state index contributed by atoms with van der Waals surface area (Å²) >= 11 is 0. The van der Waals surface area contributed by atoms with Crippen LogP contribution in [0.1, 0.15) is 18.6 Å². The second-order valence-corrected chi connectivity index (χ2v) is 2.39. The summed E-state index contributed by atoms with van der Waals surface area (Å²) in [5.74, 6) is -0.305. The van der Waals surface area contributed by atoms with Gasteiger partial charge < -0.3 is 4.74 Å². The highest BCUT2D eigenvalue weighted by Crippen LogP contribution is 2.15. The largest absolute Gasteiger partial charge is 0.449 e. The normalized spacial score (nSPS) is 12.2. The Balaban J connectivity index is 2.74. The molecule has 0 amide bonds. The summed E-state index contributed by atoms with van der Waals surface area (Å²) in [5, 5.41) is 0. The molecular formula is C9H8FO2. The Kier molecular flexibility index (Phi) is 2.80. The summed E-state index contributed by atoms with van der Waals surface area (Å²) < 4.78 is 17.0. The van der Waals surface area contributed by atoms with Crippen LogP contribution in [0.3, 0.4) is 0 Å². The van der Waals surface area contributed by atoms with E-state index in [1.807, 2.05) is 0 Å². The lowest BCUT2D eigenvalue weighted by Crippen LogP contribution is -1.97. The van der Waals surface area contributed by atoms with E-state index in [0.717, 1.165) is 5.56 Å². The van der Waals surface area contributed by atoms with Crippen LogP contribution in [0.5, 0.6) is 0 Å². The Hall–Kier alpha value is -1.38. The minimum Gasteiger partial charge on any atom is -0.449 e. The van der Waals surface area contributed by atoms with E-state index in [9.17, 15) is 9.18 Å². The van der Waals surface area contributed by atoms with Gasteiger partial charge in [-0.15, -0.1) is 0 Å². The van der Waals surface area contributed by atoms with Gasteiger partial charge in [0.05, 0.1) is 0 Å². The molecule has 3 heteroatoms. The molecule has 1 radical (unpaired) electrons. The zero-order chi connectivity index (χ0) is 8.97. The summed E-state index contributed by atoms with van der Waals surface area (Å²) in [6.07, 6.45) is -0.372. The molecule has 0 N–H and O–H groups in total. The standard InChI is InChI=1S/C9H8FO2/c1-7(12-6-11)8-2-4-9(10)5-3-8/h2-5,7H,1H3. The third kappa shape index (κ3) is 2.05. The van der Waals surface area contributed by atoms with Crippen molar-refractivity contribution < 1.29 is 13.9 Å². The van der Waals surface area contributed by atoms with Crippen LogP contribution in [0.15, 0.2) is 24.3 Å². The third-order valence-electron chi connectivity index (χ3n) is 1.56. The molecule has 2 nitrogen and oxygen atoms in total. The average molecular weight is 167 g/mol. The number of hydrogen-bond donors (Lipinski definition) is 0. The van der Waals surface area contributed by atoms with E-state index in [4.69, 9.17) is 0 Å². The Morgan fingerprint density at radius 2 is 2.00 bits per heavy atom. The first-order valence-corrected chi connectivity index (χ1v) is 3.52. The van der Waals surface area contributed by atoms with Gasteiger partial charge in [-0.3, -0.25) is 0 Å². The molecule has 0 saturated heterocycles. The molecule has 1 aromatic rings. The molecule has 0 aliphatic heterocycles. The maximum atomic E-state index is 12.4. The monoisotopic (exact) mass is 167 g/mol. The van der Waals surface area contributed by atoms with E-state index in [1.54, 1.807) is 19.1 Å². The molecule has 0 aliphatic carbocycles. The number of carbonyl (C=O) groups excluding carboxylic acids is 1. The van der Waals surface area contributed by atoms with Gasteiger partial charge in [-0.1, -0.05) is 12.1 Å². The van der Waals surface area contributed by atoms with E-state index in [-0.39, 0.29) is 11.9 Å². The van der Waals surface area contributed by atoms with Crippen LogP contribution in [-0.4, -0.2) is 6.47 Å². The van der Waals surface area contributed by atoms with Crippen LogP contribution in [0.4, 0.5) is 4.39 Å². The molecule has 0 heterocycles. The number of benzene rings is 1. The lowest BCUT2D eigenvalue weighted by atomic mass is 10.1. The van der Waals surface area contributed by atoms with Gasteiger partial charge in [0.25, 0.3) is 0 Å². The predicted molar refractivity (Wildman–Crippen MR) is 41.6 cm³/mol. The van der Waals surface area contributed by atoms with Gasteiger partial charge in [0.15, 0.2) is 0 Å². The van der Waals surface area contributed by atoms with E-state index < -0.39 is 0 Å². The summed E-state index contributed by atoms with van der Waals surface area (Å²) in [6.45, 7) is 3.03. The Bertz CT molecular complexity index is 256. The van der Waals surface area contributed by atoms with Gasteiger partial charge in [0.2, 0.25) is 0 Å². The minimum atomic E-state index is -0.372. The molecule has 1 unspecified atom stereocenters. The second-order valence-electron chi connectivity index (χ2n) is 2.39. The zero-order valence-corrected chi connectivity index (χ0v) is 6.58. The molecular weight excluding hydrogens is 159 g/mol. The summed E-state index contributed by atoms with van der Waals surface area (Å²) in [4.78, 5) is 9.83. The molecule has 1 rings (SSSR count). The molecule has 0 aliphatic rings. The van der Waals surface area contributed by atoms with Gasteiger partial charge in [-0.25, -0.2) is 9.18 Å². The molecule has 0 spiro atoms. The molecule has 1 atom stereocenters. The van der Waals surface area contributed by atoms with Crippen molar-refractivity contribution in [3.05, 3.63) is 35.6 Å². The van der Waals surface area contributed by atoms with Gasteiger partial charge in [-0.05, 0) is 24.6 Å². The maximum absolute atomic E-state index is 12.4. The maximum Gasteiger partial charge on any atom is 0.418 e. The van der Waals surface area contributed by atoms with Crippen LogP contribution in [0.2, 0.25) is 0 Å². The first kappa shape index (κ1) is 8.71. The fourth-order valence-corrected chi connectivity index (χ4v) is 0.874. The Labute approximate surface area is 70.0 Å². The van der Waals surface area contributed by atoms with E-state index >= 15 is 0 Å². The molecule has 63 valence electrons. The Morgan fingerprint density at radius 1 is 1.42 bits per heavy atom. The number of rotatable bonds is 3. The lowest BCUT2D eigenvalue weighted by molar-refractivity contribution is 0.198. The van der Waals surface area contributed by atoms with Crippen LogP contribution >= 0.6 is 0 Å². The van der Waals surface area contributed by atoms with E-state index in [1.165, 1.54) is 18.6 Å². The minimum absolute atomic E-state index is 0.305. The van der Waals surface area contributed by atoms with Crippen molar-refractivity contribution in [2.45, 2.75) is 13.0 Å². The Morgan fingerprint density at radius 3 is 2.50 bits per heavy atom. The van der Waals surface area contributed by atoms with Crippen molar-refractivity contribution in [3.8, 4) is 0 Å².